The molecule has 1 aliphatic heterocycles. The summed E-state index contributed by atoms with van der Waals surface area (Å²) in [4.78, 5) is 13.2. The van der Waals surface area contributed by atoms with Gasteiger partial charge in [-0.05, 0) is 25.0 Å². The van der Waals surface area contributed by atoms with Crippen molar-refractivity contribution >= 4 is 18.5 Å². The molecule has 0 aromatic heterocycles. The predicted octanol–water partition coefficient (Wildman–Crippen LogP) is 1.32. The fraction of sp³-hybridized carbons (Fsp3) is 0.875. The Morgan fingerprint density at radius 1 is 1.45 bits per heavy atom. The molecule has 1 saturated heterocycles. The summed E-state index contributed by atoms with van der Waals surface area (Å²) in [6.07, 6.45) is 4.04. The Morgan fingerprint density at radius 3 is 2.91 bits per heavy atom. The zero-order valence-electron chi connectivity index (χ0n) is 6.75. The quantitative estimate of drug-likeness (QED) is 0.638. The van der Waals surface area contributed by atoms with Gasteiger partial charge in [0, 0.05) is 19.5 Å². The number of likely N-dealkylation sites (tertiary alicyclic amines) is 1. The first-order valence-electron chi connectivity index (χ1n) is 4.23. The summed E-state index contributed by atoms with van der Waals surface area (Å²) in [6.45, 7) is 1.87. The van der Waals surface area contributed by atoms with Crippen LogP contribution in [0.2, 0.25) is 0 Å². The first-order valence-corrected chi connectivity index (χ1v) is 4.86. The normalized spacial score (nSPS) is 19.0. The number of hydrogen-bond donors (Lipinski definition) is 1. The third kappa shape index (κ3) is 2.73. The maximum atomic E-state index is 11.2. The van der Waals surface area contributed by atoms with Crippen LogP contribution >= 0.6 is 12.6 Å². The molecule has 1 fully saturated rings. The molecule has 0 unspecified atom stereocenters. The zero-order chi connectivity index (χ0) is 8.10. The predicted molar refractivity (Wildman–Crippen MR) is 48.9 cm³/mol. The van der Waals surface area contributed by atoms with Crippen molar-refractivity contribution in [3.63, 3.8) is 0 Å². The molecular weight excluding hydrogens is 158 g/mol. The summed E-state index contributed by atoms with van der Waals surface area (Å²) in [5, 5.41) is 0. The molecule has 0 aromatic carbocycles. The molecule has 0 aliphatic carbocycles. The third-order valence-corrected chi connectivity index (χ3v) is 2.32. The van der Waals surface area contributed by atoms with Gasteiger partial charge in [-0.1, -0.05) is 0 Å². The van der Waals surface area contributed by atoms with Crippen LogP contribution in [0.4, 0.5) is 0 Å². The SMILES string of the molecule is O=C1CCCCN1CCCS. The Morgan fingerprint density at radius 2 is 2.27 bits per heavy atom. The second-order valence-electron chi connectivity index (χ2n) is 2.92. The van der Waals surface area contributed by atoms with Gasteiger partial charge in [0.2, 0.25) is 5.91 Å². The van der Waals surface area contributed by atoms with Crippen LogP contribution in [0.25, 0.3) is 0 Å². The molecular formula is C8H15NOS. The van der Waals surface area contributed by atoms with Crippen LogP contribution in [0.1, 0.15) is 25.7 Å². The van der Waals surface area contributed by atoms with E-state index in [-0.39, 0.29) is 0 Å². The van der Waals surface area contributed by atoms with Gasteiger partial charge in [0.15, 0.2) is 0 Å². The van der Waals surface area contributed by atoms with Crippen molar-refractivity contribution in [1.82, 2.24) is 4.90 Å². The number of carbonyl (C=O) groups is 1. The van der Waals surface area contributed by atoms with Crippen molar-refractivity contribution in [1.29, 1.82) is 0 Å². The summed E-state index contributed by atoms with van der Waals surface area (Å²) in [6, 6.07) is 0. The minimum Gasteiger partial charge on any atom is -0.343 e. The van der Waals surface area contributed by atoms with E-state index >= 15 is 0 Å². The summed E-state index contributed by atoms with van der Waals surface area (Å²) in [7, 11) is 0. The number of nitrogens with zero attached hydrogens (tertiary/aromatic N) is 1. The highest BCUT2D eigenvalue weighted by atomic mass is 32.1. The molecule has 1 aliphatic rings. The van der Waals surface area contributed by atoms with Crippen molar-refractivity contribution in [2.24, 2.45) is 0 Å². The molecule has 1 rings (SSSR count). The standard InChI is InChI=1S/C8H15NOS/c10-8-4-1-2-5-9(8)6-3-7-11/h11H,1-7H2. The lowest BCUT2D eigenvalue weighted by Gasteiger charge is -2.26. The topological polar surface area (TPSA) is 20.3 Å². The van der Waals surface area contributed by atoms with E-state index < -0.39 is 0 Å². The van der Waals surface area contributed by atoms with Crippen molar-refractivity contribution in [3.05, 3.63) is 0 Å². The smallest absolute Gasteiger partial charge is 0.222 e. The molecule has 1 amide bonds. The molecule has 64 valence electrons. The van der Waals surface area contributed by atoms with Gasteiger partial charge in [-0.3, -0.25) is 4.79 Å². The Balaban J connectivity index is 2.24. The fourth-order valence-corrected chi connectivity index (χ4v) is 1.50. The van der Waals surface area contributed by atoms with E-state index in [1.54, 1.807) is 0 Å². The lowest BCUT2D eigenvalue weighted by atomic mass is 10.1. The summed E-state index contributed by atoms with van der Waals surface area (Å²) >= 11 is 4.11. The van der Waals surface area contributed by atoms with Gasteiger partial charge >= 0.3 is 0 Å². The van der Waals surface area contributed by atoms with Crippen LogP contribution in [0, 0.1) is 0 Å². The molecule has 2 nitrogen and oxygen atoms in total. The Hall–Kier alpha value is -0.180. The van der Waals surface area contributed by atoms with E-state index in [1.807, 2.05) is 4.90 Å². The number of rotatable bonds is 3. The van der Waals surface area contributed by atoms with Crippen LogP contribution < -0.4 is 0 Å². The molecule has 0 N–H and O–H groups in total. The van der Waals surface area contributed by atoms with E-state index in [0.29, 0.717) is 5.91 Å². The maximum absolute atomic E-state index is 11.2. The van der Waals surface area contributed by atoms with Crippen molar-refractivity contribution in [2.75, 3.05) is 18.8 Å². The number of piperidine rings is 1. The monoisotopic (exact) mass is 173 g/mol. The number of amides is 1. The maximum Gasteiger partial charge on any atom is 0.222 e. The van der Waals surface area contributed by atoms with Crippen LogP contribution in [0.15, 0.2) is 0 Å². The van der Waals surface area contributed by atoms with Crippen molar-refractivity contribution in [2.45, 2.75) is 25.7 Å². The van der Waals surface area contributed by atoms with Gasteiger partial charge in [-0.15, -0.1) is 0 Å². The first kappa shape index (κ1) is 8.91. The molecule has 0 bridgehead atoms. The fourth-order valence-electron chi connectivity index (χ4n) is 1.36. The highest BCUT2D eigenvalue weighted by Gasteiger charge is 2.16. The van der Waals surface area contributed by atoms with Gasteiger partial charge in [0.1, 0.15) is 0 Å². The van der Waals surface area contributed by atoms with E-state index in [0.717, 1.165) is 38.1 Å². The summed E-state index contributed by atoms with van der Waals surface area (Å²) in [5.41, 5.74) is 0. The summed E-state index contributed by atoms with van der Waals surface area (Å²) < 4.78 is 0. The lowest BCUT2D eigenvalue weighted by molar-refractivity contribution is -0.133. The Kier molecular flexibility index (Phi) is 3.77. The van der Waals surface area contributed by atoms with Crippen LogP contribution in [0.3, 0.4) is 0 Å². The minimum atomic E-state index is 0.332. The highest BCUT2D eigenvalue weighted by molar-refractivity contribution is 7.80. The van der Waals surface area contributed by atoms with Crippen LogP contribution in [-0.2, 0) is 4.79 Å². The van der Waals surface area contributed by atoms with Crippen molar-refractivity contribution in [3.8, 4) is 0 Å². The van der Waals surface area contributed by atoms with Gasteiger partial charge in [-0.2, -0.15) is 12.6 Å². The van der Waals surface area contributed by atoms with Gasteiger partial charge in [0.05, 0.1) is 0 Å². The molecule has 0 atom stereocenters. The average Bonchev–Trinajstić information content (AvgIpc) is 2.03. The Bertz CT molecular complexity index is 138. The number of thiol groups is 1. The molecule has 3 heteroatoms. The largest absolute Gasteiger partial charge is 0.343 e. The van der Waals surface area contributed by atoms with E-state index in [2.05, 4.69) is 12.6 Å². The van der Waals surface area contributed by atoms with Crippen molar-refractivity contribution < 1.29 is 4.79 Å². The van der Waals surface area contributed by atoms with Gasteiger partial charge < -0.3 is 4.90 Å². The molecule has 0 spiro atoms. The molecule has 0 radical (unpaired) electrons. The summed E-state index contributed by atoms with van der Waals surface area (Å²) in [5.74, 6) is 1.21. The molecule has 1 heterocycles. The molecule has 11 heavy (non-hydrogen) atoms. The zero-order valence-corrected chi connectivity index (χ0v) is 7.65. The van der Waals surface area contributed by atoms with Crippen LogP contribution in [0.5, 0.6) is 0 Å². The average molecular weight is 173 g/mol. The molecule has 0 aromatic rings. The lowest BCUT2D eigenvalue weighted by Crippen LogP contribution is -2.36. The number of carbonyl (C=O) groups excluding carboxylic acids is 1. The van der Waals surface area contributed by atoms with Gasteiger partial charge in [0.25, 0.3) is 0 Å². The van der Waals surface area contributed by atoms with Crippen LogP contribution in [-0.4, -0.2) is 29.6 Å². The first-order chi connectivity index (χ1) is 5.34. The second-order valence-corrected chi connectivity index (χ2v) is 3.36. The van der Waals surface area contributed by atoms with E-state index in [9.17, 15) is 4.79 Å². The second kappa shape index (κ2) is 4.65. The Labute approximate surface area is 73.4 Å². The number of hydrogen-bond acceptors (Lipinski definition) is 2. The highest BCUT2D eigenvalue weighted by Crippen LogP contribution is 2.10. The van der Waals surface area contributed by atoms with E-state index in [4.69, 9.17) is 0 Å². The van der Waals surface area contributed by atoms with Gasteiger partial charge in [-0.25, -0.2) is 0 Å². The minimum absolute atomic E-state index is 0.332. The third-order valence-electron chi connectivity index (χ3n) is 2.01. The molecule has 0 saturated carbocycles. The van der Waals surface area contributed by atoms with E-state index in [1.165, 1.54) is 6.42 Å².